The summed E-state index contributed by atoms with van der Waals surface area (Å²) in [4.78, 5) is 11.2. The van der Waals surface area contributed by atoms with E-state index in [1.165, 1.54) is 0 Å². The van der Waals surface area contributed by atoms with E-state index < -0.39 is 12.0 Å². The van der Waals surface area contributed by atoms with Crippen molar-refractivity contribution in [2.45, 2.75) is 32.9 Å². The number of hydrogen-bond donors (Lipinski definition) is 2. The molecular formula is C14H18BrNO4. The highest BCUT2D eigenvalue weighted by atomic mass is 79.9. The molecule has 2 N–H and O–H groups in total. The van der Waals surface area contributed by atoms with Crippen LogP contribution in [-0.4, -0.2) is 23.9 Å². The fourth-order valence-electron chi connectivity index (χ4n) is 2.07. The van der Waals surface area contributed by atoms with E-state index in [0.717, 1.165) is 10.0 Å². The van der Waals surface area contributed by atoms with Crippen LogP contribution in [0.1, 0.15) is 25.8 Å². The van der Waals surface area contributed by atoms with Crippen LogP contribution in [0.25, 0.3) is 0 Å². The average molecular weight is 344 g/mol. The second-order valence-corrected chi connectivity index (χ2v) is 6.05. The zero-order valence-corrected chi connectivity index (χ0v) is 13.1. The molecule has 0 aromatic heterocycles. The summed E-state index contributed by atoms with van der Waals surface area (Å²) in [5.41, 5.74) is 0.948. The monoisotopic (exact) mass is 343 g/mol. The summed E-state index contributed by atoms with van der Waals surface area (Å²) in [5.74, 6) is 0.901. The summed E-state index contributed by atoms with van der Waals surface area (Å²) in [6, 6.07) is 3.16. The Labute approximate surface area is 126 Å². The Morgan fingerprint density at radius 2 is 2.05 bits per heavy atom. The molecule has 1 aliphatic heterocycles. The SMILES string of the molecule is CC(C)CC(NCc1cc2c(cc1Br)OCO2)C(=O)O. The van der Waals surface area contributed by atoms with E-state index in [1.807, 2.05) is 26.0 Å². The summed E-state index contributed by atoms with van der Waals surface area (Å²) in [6.45, 7) is 4.70. The van der Waals surface area contributed by atoms with E-state index in [0.29, 0.717) is 30.4 Å². The summed E-state index contributed by atoms with van der Waals surface area (Å²) in [7, 11) is 0. The molecule has 110 valence electrons. The largest absolute Gasteiger partial charge is 0.480 e. The van der Waals surface area contributed by atoms with Gasteiger partial charge in [0.1, 0.15) is 6.04 Å². The van der Waals surface area contributed by atoms with Crippen molar-refractivity contribution in [1.82, 2.24) is 5.32 Å². The first-order valence-electron chi connectivity index (χ1n) is 6.51. The second-order valence-electron chi connectivity index (χ2n) is 5.20. The molecule has 0 saturated carbocycles. The zero-order chi connectivity index (χ0) is 14.7. The average Bonchev–Trinajstić information content (AvgIpc) is 2.80. The maximum atomic E-state index is 11.2. The van der Waals surface area contributed by atoms with Gasteiger partial charge in [-0.05, 0) is 30.0 Å². The Hall–Kier alpha value is -1.27. The topological polar surface area (TPSA) is 67.8 Å². The number of fused-ring (bicyclic) bond motifs is 1. The van der Waals surface area contributed by atoms with Gasteiger partial charge in [0.25, 0.3) is 0 Å². The highest BCUT2D eigenvalue weighted by molar-refractivity contribution is 9.10. The molecule has 0 spiro atoms. The molecule has 0 radical (unpaired) electrons. The number of aliphatic carboxylic acids is 1. The van der Waals surface area contributed by atoms with Gasteiger partial charge in [-0.15, -0.1) is 0 Å². The van der Waals surface area contributed by atoms with Gasteiger partial charge in [-0.2, -0.15) is 0 Å². The van der Waals surface area contributed by atoms with Crippen molar-refractivity contribution in [2.24, 2.45) is 5.92 Å². The van der Waals surface area contributed by atoms with Gasteiger partial charge in [0, 0.05) is 11.0 Å². The summed E-state index contributed by atoms with van der Waals surface area (Å²) >= 11 is 3.46. The molecule has 0 aliphatic carbocycles. The number of carbonyl (C=O) groups is 1. The fraction of sp³-hybridized carbons (Fsp3) is 0.500. The van der Waals surface area contributed by atoms with Crippen molar-refractivity contribution in [1.29, 1.82) is 0 Å². The first kappa shape index (κ1) is 15.1. The third kappa shape index (κ3) is 3.64. The predicted molar refractivity (Wildman–Crippen MR) is 78.0 cm³/mol. The predicted octanol–water partition coefficient (Wildman–Crippen LogP) is 2.77. The van der Waals surface area contributed by atoms with E-state index >= 15 is 0 Å². The molecule has 20 heavy (non-hydrogen) atoms. The minimum Gasteiger partial charge on any atom is -0.480 e. The van der Waals surface area contributed by atoms with E-state index in [4.69, 9.17) is 9.47 Å². The highest BCUT2D eigenvalue weighted by Gasteiger charge is 2.20. The fourth-order valence-corrected chi connectivity index (χ4v) is 2.53. The summed E-state index contributed by atoms with van der Waals surface area (Å²) in [5, 5.41) is 12.3. The molecule has 0 fully saturated rings. The van der Waals surface area contributed by atoms with E-state index in [1.54, 1.807) is 0 Å². The number of benzene rings is 1. The zero-order valence-electron chi connectivity index (χ0n) is 11.5. The van der Waals surface area contributed by atoms with Crippen LogP contribution in [0.5, 0.6) is 11.5 Å². The molecule has 0 saturated heterocycles. The van der Waals surface area contributed by atoms with Crippen molar-refractivity contribution < 1.29 is 19.4 Å². The quantitative estimate of drug-likeness (QED) is 0.831. The van der Waals surface area contributed by atoms with Crippen molar-refractivity contribution in [3.05, 3.63) is 22.2 Å². The van der Waals surface area contributed by atoms with Crippen LogP contribution < -0.4 is 14.8 Å². The van der Waals surface area contributed by atoms with Crippen molar-refractivity contribution in [2.75, 3.05) is 6.79 Å². The molecule has 1 aromatic rings. The van der Waals surface area contributed by atoms with Crippen LogP contribution in [-0.2, 0) is 11.3 Å². The Balaban J connectivity index is 2.04. The lowest BCUT2D eigenvalue weighted by atomic mass is 10.0. The lowest BCUT2D eigenvalue weighted by Gasteiger charge is -2.17. The molecule has 5 nitrogen and oxygen atoms in total. The number of nitrogens with one attached hydrogen (secondary N) is 1. The van der Waals surface area contributed by atoms with Crippen LogP contribution >= 0.6 is 15.9 Å². The van der Waals surface area contributed by atoms with Crippen LogP contribution in [0.15, 0.2) is 16.6 Å². The Morgan fingerprint density at radius 1 is 1.40 bits per heavy atom. The Kier molecular flexibility index (Phi) is 4.88. The van der Waals surface area contributed by atoms with Crippen molar-refractivity contribution >= 4 is 21.9 Å². The van der Waals surface area contributed by atoms with E-state index in [9.17, 15) is 9.90 Å². The van der Waals surface area contributed by atoms with Gasteiger partial charge < -0.3 is 19.9 Å². The normalized spacial score (nSPS) is 14.6. The number of rotatable bonds is 6. The number of halogens is 1. The lowest BCUT2D eigenvalue weighted by Crippen LogP contribution is -2.37. The molecule has 2 rings (SSSR count). The minimum absolute atomic E-state index is 0.226. The molecule has 1 atom stereocenters. The summed E-state index contributed by atoms with van der Waals surface area (Å²) < 4.78 is 11.5. The lowest BCUT2D eigenvalue weighted by molar-refractivity contribution is -0.140. The molecule has 1 unspecified atom stereocenters. The standard InChI is InChI=1S/C14H18BrNO4/c1-8(2)3-11(14(17)18)16-6-9-4-12-13(5-10(9)15)20-7-19-12/h4-5,8,11,16H,3,6-7H2,1-2H3,(H,17,18). The third-order valence-corrected chi connectivity index (χ3v) is 3.82. The molecule has 0 amide bonds. The Bertz CT molecular complexity index is 504. The molecule has 1 aliphatic rings. The Morgan fingerprint density at radius 3 is 2.65 bits per heavy atom. The third-order valence-electron chi connectivity index (χ3n) is 3.09. The van der Waals surface area contributed by atoms with Crippen LogP contribution in [0.4, 0.5) is 0 Å². The number of carboxylic acids is 1. The van der Waals surface area contributed by atoms with Gasteiger partial charge in [0.2, 0.25) is 6.79 Å². The van der Waals surface area contributed by atoms with Gasteiger partial charge in [0.05, 0.1) is 0 Å². The van der Waals surface area contributed by atoms with Gasteiger partial charge >= 0.3 is 5.97 Å². The van der Waals surface area contributed by atoms with Crippen LogP contribution in [0.2, 0.25) is 0 Å². The summed E-state index contributed by atoms with van der Waals surface area (Å²) in [6.07, 6.45) is 0.595. The molecule has 1 aromatic carbocycles. The van der Waals surface area contributed by atoms with Gasteiger partial charge in [-0.25, -0.2) is 0 Å². The minimum atomic E-state index is -0.824. The second kappa shape index (κ2) is 6.45. The van der Waals surface area contributed by atoms with Gasteiger partial charge in [-0.3, -0.25) is 4.79 Å². The van der Waals surface area contributed by atoms with Crippen molar-refractivity contribution in [3.8, 4) is 11.5 Å². The van der Waals surface area contributed by atoms with Gasteiger partial charge in [0.15, 0.2) is 11.5 Å². The first-order chi connectivity index (χ1) is 9.47. The maximum absolute atomic E-state index is 11.2. The highest BCUT2D eigenvalue weighted by Crippen LogP contribution is 2.36. The molecule has 6 heteroatoms. The van der Waals surface area contributed by atoms with E-state index in [-0.39, 0.29) is 6.79 Å². The van der Waals surface area contributed by atoms with Crippen LogP contribution in [0.3, 0.4) is 0 Å². The molecule has 0 bridgehead atoms. The van der Waals surface area contributed by atoms with Crippen molar-refractivity contribution in [3.63, 3.8) is 0 Å². The molecular weight excluding hydrogens is 326 g/mol. The van der Waals surface area contributed by atoms with E-state index in [2.05, 4.69) is 21.2 Å². The maximum Gasteiger partial charge on any atom is 0.320 e. The first-order valence-corrected chi connectivity index (χ1v) is 7.31. The number of carboxylic acid groups (broad SMARTS) is 1. The molecule has 1 heterocycles. The number of ether oxygens (including phenoxy) is 2. The van der Waals surface area contributed by atoms with Crippen LogP contribution in [0, 0.1) is 5.92 Å². The smallest absolute Gasteiger partial charge is 0.320 e. The van der Waals surface area contributed by atoms with Gasteiger partial charge in [-0.1, -0.05) is 29.8 Å². The number of hydrogen-bond acceptors (Lipinski definition) is 4.